The average molecular weight is 565 g/mol. The molecule has 2 aromatic carbocycles. The molecular formula is C35H44N6O. The summed E-state index contributed by atoms with van der Waals surface area (Å²) in [5, 5.41) is 18.3. The number of likely N-dealkylation sites (tertiary alicyclic amines) is 1. The van der Waals surface area contributed by atoms with Gasteiger partial charge in [-0.25, -0.2) is 0 Å². The van der Waals surface area contributed by atoms with Crippen molar-refractivity contribution < 1.29 is 5.11 Å². The Hall–Kier alpha value is -3.46. The molecule has 0 radical (unpaired) electrons. The molecule has 0 atom stereocenters. The molecule has 1 aliphatic heterocycles. The van der Waals surface area contributed by atoms with E-state index in [2.05, 4.69) is 66.8 Å². The third kappa shape index (κ3) is 9.28. The Balaban J connectivity index is 1.10. The summed E-state index contributed by atoms with van der Waals surface area (Å²) < 4.78 is 0. The number of pyridine rings is 2. The van der Waals surface area contributed by atoms with Crippen molar-refractivity contribution in [3.05, 3.63) is 131 Å². The summed E-state index contributed by atoms with van der Waals surface area (Å²) in [5.41, 5.74) is 5.11. The minimum atomic E-state index is -0.704. The van der Waals surface area contributed by atoms with E-state index in [4.69, 9.17) is 0 Å². The van der Waals surface area contributed by atoms with Crippen molar-refractivity contribution in [3.63, 3.8) is 0 Å². The fourth-order valence-electron chi connectivity index (χ4n) is 5.57. The van der Waals surface area contributed by atoms with Crippen molar-refractivity contribution in [3.8, 4) is 0 Å². The summed E-state index contributed by atoms with van der Waals surface area (Å²) in [6.45, 7) is 8.90. The summed E-state index contributed by atoms with van der Waals surface area (Å²) >= 11 is 0. The van der Waals surface area contributed by atoms with Crippen LogP contribution in [0, 0.1) is 0 Å². The molecule has 0 unspecified atom stereocenters. The lowest BCUT2D eigenvalue weighted by Gasteiger charge is -2.38. The first-order valence-electron chi connectivity index (χ1n) is 15.2. The zero-order chi connectivity index (χ0) is 28.9. The Morgan fingerprint density at radius 3 is 1.79 bits per heavy atom. The van der Waals surface area contributed by atoms with Crippen LogP contribution in [0.3, 0.4) is 0 Å². The number of piperidine rings is 1. The van der Waals surface area contributed by atoms with Crippen molar-refractivity contribution in [1.29, 1.82) is 0 Å². The summed E-state index contributed by atoms with van der Waals surface area (Å²) in [6.07, 6.45) is 5.23. The average Bonchev–Trinajstić information content (AvgIpc) is 3.05. The van der Waals surface area contributed by atoms with E-state index in [1.165, 1.54) is 11.1 Å². The van der Waals surface area contributed by atoms with Gasteiger partial charge in [0.05, 0.1) is 17.0 Å². The predicted molar refractivity (Wildman–Crippen MR) is 168 cm³/mol. The minimum absolute atomic E-state index is 0.704. The van der Waals surface area contributed by atoms with E-state index in [1.54, 1.807) is 0 Å². The maximum Gasteiger partial charge on any atom is 0.0920 e. The summed E-state index contributed by atoms with van der Waals surface area (Å²) in [4.78, 5) is 13.8. The highest BCUT2D eigenvalue weighted by Crippen LogP contribution is 2.33. The van der Waals surface area contributed by atoms with Crippen LogP contribution >= 0.6 is 0 Å². The maximum atomic E-state index is 11.2. The van der Waals surface area contributed by atoms with Gasteiger partial charge in [-0.2, -0.15) is 0 Å². The number of aliphatic hydroxyl groups is 1. The number of nitrogens with zero attached hydrogens (tertiary/aromatic N) is 4. The standard InChI is InChI=1S/C35H44N6O/c42-35(32-8-2-1-3-9-32)16-22-40(23-17-35)28-30-12-14-31(15-13-30)29-41(24-20-36-26-33-10-4-6-18-38-33)25-21-37-27-34-11-5-7-19-39-34/h1-15,18-19,36-37,42H,16-17,20-29H2. The summed E-state index contributed by atoms with van der Waals surface area (Å²) in [7, 11) is 0. The number of hydrogen-bond donors (Lipinski definition) is 3. The minimum Gasteiger partial charge on any atom is -0.385 e. The first kappa shape index (κ1) is 30.0. The topological polar surface area (TPSA) is 76.6 Å². The van der Waals surface area contributed by atoms with Gasteiger partial charge in [-0.1, -0.05) is 66.7 Å². The second kappa shape index (κ2) is 15.7. The zero-order valence-electron chi connectivity index (χ0n) is 24.5. The van der Waals surface area contributed by atoms with Crippen LogP contribution in [-0.4, -0.2) is 64.1 Å². The Labute approximate surface area is 250 Å². The molecule has 1 fully saturated rings. The Bertz CT molecular complexity index is 1250. The molecule has 220 valence electrons. The highest BCUT2D eigenvalue weighted by molar-refractivity contribution is 5.24. The molecule has 1 saturated heterocycles. The Morgan fingerprint density at radius 2 is 1.24 bits per heavy atom. The van der Waals surface area contributed by atoms with E-state index in [9.17, 15) is 5.11 Å². The molecule has 0 saturated carbocycles. The van der Waals surface area contributed by atoms with Gasteiger partial charge < -0.3 is 15.7 Å². The van der Waals surface area contributed by atoms with Crippen LogP contribution in [0.5, 0.6) is 0 Å². The first-order chi connectivity index (χ1) is 20.7. The molecule has 3 N–H and O–H groups in total. The lowest BCUT2D eigenvalue weighted by atomic mass is 9.84. The highest BCUT2D eigenvalue weighted by atomic mass is 16.3. The number of aromatic nitrogens is 2. The van der Waals surface area contributed by atoms with Gasteiger partial charge in [0.2, 0.25) is 0 Å². The zero-order valence-corrected chi connectivity index (χ0v) is 24.5. The van der Waals surface area contributed by atoms with Crippen molar-refractivity contribution in [2.24, 2.45) is 0 Å². The van der Waals surface area contributed by atoms with E-state index < -0.39 is 5.60 Å². The lowest BCUT2D eigenvalue weighted by Crippen LogP contribution is -2.42. The smallest absolute Gasteiger partial charge is 0.0920 e. The molecule has 0 spiro atoms. The predicted octanol–water partition coefficient (Wildman–Crippen LogP) is 4.34. The molecule has 7 nitrogen and oxygen atoms in total. The van der Waals surface area contributed by atoms with Gasteiger partial charge in [0.25, 0.3) is 0 Å². The number of rotatable bonds is 15. The van der Waals surface area contributed by atoms with Gasteiger partial charge in [0.1, 0.15) is 0 Å². The van der Waals surface area contributed by atoms with Crippen LogP contribution in [0.4, 0.5) is 0 Å². The highest BCUT2D eigenvalue weighted by Gasteiger charge is 2.33. The van der Waals surface area contributed by atoms with E-state index >= 15 is 0 Å². The third-order valence-electron chi connectivity index (χ3n) is 8.10. The van der Waals surface area contributed by atoms with Crippen molar-refractivity contribution in [1.82, 2.24) is 30.4 Å². The molecule has 3 heterocycles. The van der Waals surface area contributed by atoms with Gasteiger partial charge in [-0.05, 0) is 53.8 Å². The third-order valence-corrected chi connectivity index (χ3v) is 8.10. The van der Waals surface area contributed by atoms with E-state index in [0.717, 1.165) is 95.2 Å². The molecule has 4 aromatic rings. The molecule has 7 heteroatoms. The molecule has 42 heavy (non-hydrogen) atoms. The second-order valence-electron chi connectivity index (χ2n) is 11.3. The molecule has 5 rings (SSSR count). The van der Waals surface area contributed by atoms with Crippen LogP contribution < -0.4 is 10.6 Å². The SMILES string of the molecule is OC1(c2ccccc2)CCN(Cc2ccc(CN(CCNCc3ccccn3)CCNCc3ccccn3)cc2)CC1. The largest absolute Gasteiger partial charge is 0.385 e. The molecule has 0 bridgehead atoms. The van der Waals surface area contributed by atoms with Crippen LogP contribution in [0.25, 0.3) is 0 Å². The fraction of sp³-hybridized carbons (Fsp3) is 0.371. The molecule has 1 aliphatic rings. The quantitative estimate of drug-likeness (QED) is 0.186. The summed E-state index contributed by atoms with van der Waals surface area (Å²) in [5.74, 6) is 0. The summed E-state index contributed by atoms with van der Waals surface area (Å²) in [6, 6.07) is 31.3. The number of nitrogens with one attached hydrogen (secondary N) is 2. The van der Waals surface area contributed by atoms with Crippen LogP contribution in [0.1, 0.15) is 40.9 Å². The first-order valence-corrected chi connectivity index (χ1v) is 15.2. The lowest BCUT2D eigenvalue weighted by molar-refractivity contribution is -0.0277. The second-order valence-corrected chi connectivity index (χ2v) is 11.3. The number of hydrogen-bond acceptors (Lipinski definition) is 7. The molecular weight excluding hydrogens is 520 g/mol. The fourth-order valence-corrected chi connectivity index (χ4v) is 5.57. The Morgan fingerprint density at radius 1 is 0.690 bits per heavy atom. The van der Waals surface area contributed by atoms with Gasteiger partial charge in [-0.3, -0.25) is 19.8 Å². The van der Waals surface area contributed by atoms with Gasteiger partial charge in [0, 0.05) is 77.8 Å². The van der Waals surface area contributed by atoms with Crippen molar-refractivity contribution in [2.75, 3.05) is 39.3 Å². The number of benzene rings is 2. The van der Waals surface area contributed by atoms with Gasteiger partial charge in [-0.15, -0.1) is 0 Å². The van der Waals surface area contributed by atoms with Crippen LogP contribution in [-0.2, 0) is 31.8 Å². The molecule has 2 aromatic heterocycles. The van der Waals surface area contributed by atoms with Crippen LogP contribution in [0.2, 0.25) is 0 Å². The van der Waals surface area contributed by atoms with Gasteiger partial charge >= 0.3 is 0 Å². The van der Waals surface area contributed by atoms with Crippen molar-refractivity contribution >= 4 is 0 Å². The maximum absolute atomic E-state index is 11.2. The van der Waals surface area contributed by atoms with Crippen LogP contribution in [0.15, 0.2) is 103 Å². The molecule has 0 aliphatic carbocycles. The van der Waals surface area contributed by atoms with E-state index in [-0.39, 0.29) is 0 Å². The van der Waals surface area contributed by atoms with Crippen molar-refractivity contribution in [2.45, 2.75) is 44.6 Å². The van der Waals surface area contributed by atoms with E-state index in [1.807, 2.05) is 67.0 Å². The normalized spacial score (nSPS) is 15.2. The monoisotopic (exact) mass is 564 g/mol. The van der Waals surface area contributed by atoms with E-state index in [0.29, 0.717) is 0 Å². The van der Waals surface area contributed by atoms with Gasteiger partial charge in [0.15, 0.2) is 0 Å². The Kier molecular flexibility index (Phi) is 11.2. The molecule has 0 amide bonds.